The fourth-order valence-corrected chi connectivity index (χ4v) is 5.83. The van der Waals surface area contributed by atoms with Crippen LogP contribution in [0.3, 0.4) is 0 Å². The third-order valence-corrected chi connectivity index (χ3v) is 8.11. The minimum Gasteiger partial charge on any atom is -0.495 e. The normalized spacial score (nSPS) is 17.9. The molecule has 0 bridgehead atoms. The Morgan fingerprint density at radius 2 is 1.70 bits per heavy atom. The number of methoxy groups -OCH3 is 1. The van der Waals surface area contributed by atoms with E-state index in [0.717, 1.165) is 48.3 Å². The maximum absolute atomic E-state index is 13.4. The molecule has 0 unspecified atom stereocenters. The molecule has 0 aliphatic carbocycles. The summed E-state index contributed by atoms with van der Waals surface area (Å²) < 4.78 is 34.9. The highest BCUT2D eigenvalue weighted by atomic mass is 79.9. The number of halogens is 2. The molecule has 0 amide bonds. The van der Waals surface area contributed by atoms with Gasteiger partial charge in [-0.05, 0) is 54.9 Å². The molecule has 0 spiro atoms. The van der Waals surface area contributed by atoms with E-state index in [2.05, 4.69) is 38.8 Å². The Kier molecular flexibility index (Phi) is 7.35. The molecular formula is C21H27BrClN3O3S. The zero-order valence-electron chi connectivity index (χ0n) is 17.2. The molecule has 2 aromatic rings. The fourth-order valence-electron chi connectivity index (χ4n) is 3.98. The third-order valence-electron chi connectivity index (χ3n) is 5.78. The number of fused-ring (bicyclic) bond motifs is 1. The van der Waals surface area contributed by atoms with E-state index >= 15 is 0 Å². The van der Waals surface area contributed by atoms with Gasteiger partial charge in [-0.25, -0.2) is 8.42 Å². The number of hydrogen-bond donors (Lipinski definition) is 0. The van der Waals surface area contributed by atoms with Crippen molar-refractivity contribution in [2.24, 2.45) is 0 Å². The number of rotatable bonds is 4. The second-order valence-corrected chi connectivity index (χ2v) is 10.5. The van der Waals surface area contributed by atoms with Crippen molar-refractivity contribution in [3.63, 3.8) is 0 Å². The summed E-state index contributed by atoms with van der Waals surface area (Å²) in [6, 6.07) is 11.3. The van der Waals surface area contributed by atoms with Crippen molar-refractivity contribution in [3.8, 4) is 5.75 Å². The van der Waals surface area contributed by atoms with Gasteiger partial charge in [0.1, 0.15) is 5.75 Å². The van der Waals surface area contributed by atoms with E-state index in [4.69, 9.17) is 4.74 Å². The molecule has 0 aromatic heterocycles. The molecule has 30 heavy (non-hydrogen) atoms. The molecule has 1 fully saturated rings. The van der Waals surface area contributed by atoms with Crippen LogP contribution in [0.5, 0.6) is 5.75 Å². The van der Waals surface area contributed by atoms with Crippen LogP contribution in [-0.4, -0.2) is 64.5 Å². The van der Waals surface area contributed by atoms with Crippen LogP contribution in [0.15, 0.2) is 45.8 Å². The summed E-state index contributed by atoms with van der Waals surface area (Å²) in [5.41, 5.74) is 3.12. The number of nitrogens with zero attached hydrogens (tertiary/aromatic N) is 3. The van der Waals surface area contributed by atoms with Gasteiger partial charge in [-0.1, -0.05) is 22.0 Å². The number of hydrogen-bond acceptors (Lipinski definition) is 5. The summed E-state index contributed by atoms with van der Waals surface area (Å²) in [5.74, 6) is 0.710. The number of sulfonamides is 1. The second-order valence-electron chi connectivity index (χ2n) is 7.63. The lowest BCUT2D eigenvalue weighted by atomic mass is 10.0. The van der Waals surface area contributed by atoms with Crippen LogP contribution in [0.1, 0.15) is 11.1 Å². The summed E-state index contributed by atoms with van der Waals surface area (Å²) in [4.78, 5) is 4.80. The maximum atomic E-state index is 13.4. The monoisotopic (exact) mass is 515 g/mol. The molecule has 9 heteroatoms. The molecule has 2 aliphatic rings. The first-order valence-electron chi connectivity index (χ1n) is 9.77. The first kappa shape index (κ1) is 23.3. The molecule has 2 aromatic carbocycles. The van der Waals surface area contributed by atoms with Crippen molar-refractivity contribution in [3.05, 3.63) is 52.0 Å². The zero-order chi connectivity index (χ0) is 20.6. The molecule has 2 aliphatic heterocycles. The number of likely N-dealkylation sites (N-methyl/N-ethyl adjacent to an activating group) is 1. The predicted molar refractivity (Wildman–Crippen MR) is 125 cm³/mol. The molecular weight excluding hydrogens is 490 g/mol. The van der Waals surface area contributed by atoms with Gasteiger partial charge in [0.15, 0.2) is 0 Å². The average Bonchev–Trinajstić information content (AvgIpc) is 2.73. The molecule has 0 saturated carbocycles. The molecule has 1 saturated heterocycles. The van der Waals surface area contributed by atoms with E-state index in [1.807, 2.05) is 12.1 Å². The average molecular weight is 517 g/mol. The topological polar surface area (TPSA) is 53.1 Å². The third kappa shape index (κ3) is 4.62. The fraction of sp³-hybridized carbons (Fsp3) is 0.429. The van der Waals surface area contributed by atoms with E-state index < -0.39 is 10.0 Å². The highest BCUT2D eigenvalue weighted by molar-refractivity contribution is 9.10. The lowest BCUT2D eigenvalue weighted by Gasteiger charge is -2.35. The molecule has 0 radical (unpaired) electrons. The number of ether oxygens (including phenoxy) is 1. The Labute approximate surface area is 193 Å². The van der Waals surface area contributed by atoms with Gasteiger partial charge in [0, 0.05) is 43.7 Å². The highest BCUT2D eigenvalue weighted by Gasteiger charge is 2.30. The van der Waals surface area contributed by atoms with Crippen LogP contribution in [0.4, 0.5) is 5.69 Å². The van der Waals surface area contributed by atoms with Crippen molar-refractivity contribution >= 4 is 44.0 Å². The van der Waals surface area contributed by atoms with Crippen LogP contribution < -0.4 is 9.64 Å². The van der Waals surface area contributed by atoms with Crippen LogP contribution in [0.2, 0.25) is 0 Å². The largest absolute Gasteiger partial charge is 0.495 e. The predicted octanol–water partition coefficient (Wildman–Crippen LogP) is 3.38. The summed E-state index contributed by atoms with van der Waals surface area (Å²) >= 11 is 3.49. The van der Waals surface area contributed by atoms with Gasteiger partial charge in [0.05, 0.1) is 17.7 Å². The number of benzene rings is 2. The van der Waals surface area contributed by atoms with Crippen molar-refractivity contribution in [2.45, 2.75) is 17.9 Å². The second kappa shape index (κ2) is 9.44. The van der Waals surface area contributed by atoms with Crippen molar-refractivity contribution in [2.75, 3.05) is 51.8 Å². The van der Waals surface area contributed by atoms with Gasteiger partial charge in [0.2, 0.25) is 10.0 Å². The first-order chi connectivity index (χ1) is 13.9. The Bertz CT molecular complexity index is 1010. The van der Waals surface area contributed by atoms with Crippen LogP contribution >= 0.6 is 28.3 Å². The van der Waals surface area contributed by atoms with Gasteiger partial charge in [-0.15, -0.1) is 12.4 Å². The van der Waals surface area contributed by atoms with Gasteiger partial charge >= 0.3 is 0 Å². The van der Waals surface area contributed by atoms with E-state index in [1.54, 1.807) is 29.6 Å². The van der Waals surface area contributed by atoms with Crippen LogP contribution in [-0.2, 0) is 23.0 Å². The quantitative estimate of drug-likeness (QED) is 0.624. The maximum Gasteiger partial charge on any atom is 0.243 e. The van der Waals surface area contributed by atoms with E-state index in [-0.39, 0.29) is 12.4 Å². The molecule has 164 valence electrons. The zero-order valence-corrected chi connectivity index (χ0v) is 20.4. The van der Waals surface area contributed by atoms with Gasteiger partial charge in [-0.3, -0.25) is 0 Å². The van der Waals surface area contributed by atoms with E-state index in [9.17, 15) is 8.42 Å². The summed E-state index contributed by atoms with van der Waals surface area (Å²) in [6.45, 7) is 4.47. The van der Waals surface area contributed by atoms with Crippen LogP contribution in [0.25, 0.3) is 0 Å². The van der Waals surface area contributed by atoms with Crippen LogP contribution in [0, 0.1) is 0 Å². The van der Waals surface area contributed by atoms with Gasteiger partial charge in [0.25, 0.3) is 0 Å². The molecule has 0 N–H and O–H groups in total. The molecule has 4 rings (SSSR count). The Morgan fingerprint density at radius 1 is 0.967 bits per heavy atom. The van der Waals surface area contributed by atoms with E-state index in [1.165, 1.54) is 5.56 Å². The van der Waals surface area contributed by atoms with Gasteiger partial charge < -0.3 is 14.5 Å². The molecule has 2 heterocycles. The summed E-state index contributed by atoms with van der Waals surface area (Å²) in [6.07, 6.45) is 0.726. The van der Waals surface area contributed by atoms with Gasteiger partial charge in [-0.2, -0.15) is 4.31 Å². The van der Waals surface area contributed by atoms with Crippen molar-refractivity contribution in [1.29, 1.82) is 0 Å². The molecule has 6 nitrogen and oxygen atoms in total. The standard InChI is InChI=1S/C21H26BrN3O3S.ClH/c1-23-9-11-24(12-10-23)20-14-19(5-6-21(20)28-2)29(26,27)25-8-7-16-3-4-18(22)13-17(16)15-25;/h3-6,13-14H,7-12,15H2,1-2H3;1H. The first-order valence-corrected chi connectivity index (χ1v) is 12.0. The lowest BCUT2D eigenvalue weighted by Crippen LogP contribution is -2.44. The Balaban J connectivity index is 0.00000256. The number of anilines is 1. The highest BCUT2D eigenvalue weighted by Crippen LogP contribution is 2.34. The van der Waals surface area contributed by atoms with Crippen molar-refractivity contribution in [1.82, 2.24) is 9.21 Å². The Morgan fingerprint density at radius 3 is 2.40 bits per heavy atom. The lowest BCUT2D eigenvalue weighted by molar-refractivity contribution is 0.311. The minimum atomic E-state index is -3.59. The molecule has 0 atom stereocenters. The smallest absolute Gasteiger partial charge is 0.243 e. The Hall–Kier alpha value is -1.32. The minimum absolute atomic E-state index is 0. The summed E-state index contributed by atoms with van der Waals surface area (Å²) in [5, 5.41) is 0. The number of piperazine rings is 1. The van der Waals surface area contributed by atoms with Crippen molar-refractivity contribution < 1.29 is 13.2 Å². The SMILES string of the molecule is COc1ccc(S(=O)(=O)N2CCc3ccc(Br)cc3C2)cc1N1CCN(C)CC1.Cl. The van der Waals surface area contributed by atoms with E-state index in [0.29, 0.717) is 23.7 Å². The summed E-state index contributed by atoms with van der Waals surface area (Å²) in [7, 11) is 0.138.